The number of anilines is 2. The summed E-state index contributed by atoms with van der Waals surface area (Å²) in [5.41, 5.74) is -1.76. The van der Waals surface area contributed by atoms with E-state index in [-0.39, 0.29) is 11.4 Å². The van der Waals surface area contributed by atoms with E-state index in [1.807, 2.05) is 5.32 Å². The zero-order valence-electron chi connectivity index (χ0n) is 9.73. The zero-order chi connectivity index (χ0) is 15.7. The number of halogens is 6. The van der Waals surface area contributed by atoms with Gasteiger partial charge in [-0.2, -0.15) is 0 Å². The Balaban J connectivity index is 2.61. The summed E-state index contributed by atoms with van der Waals surface area (Å²) in [5.74, 6) is -11.3. The van der Waals surface area contributed by atoms with Gasteiger partial charge in [-0.15, -0.1) is 0 Å². The summed E-state index contributed by atoms with van der Waals surface area (Å²) in [7, 11) is 0. The van der Waals surface area contributed by atoms with Crippen LogP contribution in [0.2, 0.25) is 5.15 Å². The quantitative estimate of drug-likeness (QED) is 0.309. The Hall–Kier alpha value is -2.29. The second-order valence-electron chi connectivity index (χ2n) is 3.61. The van der Waals surface area contributed by atoms with Crippen LogP contribution in [0.1, 0.15) is 10.4 Å². The van der Waals surface area contributed by atoms with Crippen molar-refractivity contribution in [2.45, 2.75) is 0 Å². The summed E-state index contributed by atoms with van der Waals surface area (Å²) < 4.78 is 65.9. The van der Waals surface area contributed by atoms with Crippen LogP contribution >= 0.6 is 11.6 Å². The van der Waals surface area contributed by atoms with Gasteiger partial charge in [0.15, 0.2) is 29.6 Å². The van der Waals surface area contributed by atoms with E-state index in [2.05, 4.69) is 9.97 Å². The van der Waals surface area contributed by atoms with Crippen molar-refractivity contribution in [3.63, 3.8) is 0 Å². The molecule has 1 aromatic heterocycles. The van der Waals surface area contributed by atoms with Crippen LogP contribution in [0, 0.1) is 29.1 Å². The molecule has 110 valence electrons. The second kappa shape index (κ2) is 5.60. The lowest BCUT2D eigenvalue weighted by Crippen LogP contribution is -2.09. The number of aromatic nitrogens is 2. The number of benzene rings is 1. The number of nitrogens with one attached hydrogen (secondary N) is 1. The highest BCUT2D eigenvalue weighted by molar-refractivity contribution is 6.32. The summed E-state index contributed by atoms with van der Waals surface area (Å²) in [5, 5.41) is 1.49. The third kappa shape index (κ3) is 2.51. The molecule has 2 rings (SSSR count). The molecule has 0 aliphatic heterocycles. The summed E-state index contributed by atoms with van der Waals surface area (Å²) >= 11 is 5.55. The molecule has 0 amide bonds. The molecule has 0 fully saturated rings. The van der Waals surface area contributed by atoms with Gasteiger partial charge in [0.1, 0.15) is 23.0 Å². The molecule has 0 atom stereocenters. The van der Waals surface area contributed by atoms with Crippen LogP contribution in [0.15, 0.2) is 6.33 Å². The highest BCUT2D eigenvalue weighted by Gasteiger charge is 2.26. The van der Waals surface area contributed by atoms with Crippen molar-refractivity contribution in [1.29, 1.82) is 0 Å². The minimum Gasteiger partial charge on any atom is -0.335 e. The number of aldehydes is 1. The fraction of sp³-hybridized carbons (Fsp3) is 0. The number of rotatable bonds is 3. The van der Waals surface area contributed by atoms with Crippen LogP contribution < -0.4 is 5.32 Å². The fourth-order valence-corrected chi connectivity index (χ4v) is 1.59. The van der Waals surface area contributed by atoms with E-state index in [9.17, 15) is 26.7 Å². The third-order valence-corrected chi connectivity index (χ3v) is 2.71. The number of nitrogens with zero attached hydrogens (tertiary/aromatic N) is 2. The SMILES string of the molecule is O=Cc1c(Cl)ncnc1Nc1c(F)c(F)c(F)c(F)c1F. The Labute approximate surface area is 118 Å². The van der Waals surface area contributed by atoms with Crippen molar-refractivity contribution < 1.29 is 26.7 Å². The molecule has 0 bridgehead atoms. The van der Waals surface area contributed by atoms with Gasteiger partial charge < -0.3 is 5.32 Å². The molecule has 10 heteroatoms. The van der Waals surface area contributed by atoms with E-state index in [4.69, 9.17) is 11.6 Å². The lowest BCUT2D eigenvalue weighted by atomic mass is 10.2. The summed E-state index contributed by atoms with van der Waals surface area (Å²) in [6.45, 7) is 0. The lowest BCUT2D eigenvalue weighted by Gasteiger charge is -2.11. The largest absolute Gasteiger partial charge is 0.335 e. The van der Waals surface area contributed by atoms with Crippen LogP contribution in [0.3, 0.4) is 0 Å². The monoisotopic (exact) mass is 323 g/mol. The highest BCUT2D eigenvalue weighted by atomic mass is 35.5. The van der Waals surface area contributed by atoms with E-state index in [0.29, 0.717) is 0 Å². The fourth-order valence-electron chi connectivity index (χ4n) is 1.41. The van der Waals surface area contributed by atoms with Gasteiger partial charge in [-0.3, -0.25) is 4.79 Å². The molecule has 0 spiro atoms. The molecule has 1 N–H and O–H groups in total. The molecule has 0 unspecified atom stereocenters. The normalized spacial score (nSPS) is 10.6. The average Bonchev–Trinajstić information content (AvgIpc) is 2.47. The van der Waals surface area contributed by atoms with Gasteiger partial charge in [0.25, 0.3) is 0 Å². The molecule has 2 aromatic rings. The summed E-state index contributed by atoms with van der Waals surface area (Å²) in [4.78, 5) is 17.7. The molecular weight excluding hydrogens is 321 g/mol. The van der Waals surface area contributed by atoms with Crippen LogP contribution in [0.5, 0.6) is 0 Å². The van der Waals surface area contributed by atoms with Gasteiger partial charge in [-0.05, 0) is 0 Å². The van der Waals surface area contributed by atoms with E-state index in [1.165, 1.54) is 0 Å². The number of carbonyl (C=O) groups is 1. The van der Waals surface area contributed by atoms with E-state index in [0.717, 1.165) is 6.33 Å². The number of carbonyl (C=O) groups excluding carboxylic acids is 1. The van der Waals surface area contributed by atoms with Crippen LogP contribution in [-0.4, -0.2) is 16.3 Å². The van der Waals surface area contributed by atoms with Crippen molar-refractivity contribution >= 4 is 29.4 Å². The van der Waals surface area contributed by atoms with Crippen LogP contribution in [0.4, 0.5) is 33.5 Å². The molecular formula is C11H3ClF5N3O. The van der Waals surface area contributed by atoms with Crippen molar-refractivity contribution in [3.05, 3.63) is 46.1 Å². The van der Waals surface area contributed by atoms with Crippen molar-refractivity contribution in [1.82, 2.24) is 9.97 Å². The van der Waals surface area contributed by atoms with Crippen LogP contribution in [-0.2, 0) is 0 Å². The van der Waals surface area contributed by atoms with E-state index < -0.39 is 46.2 Å². The van der Waals surface area contributed by atoms with Gasteiger partial charge in [-0.1, -0.05) is 11.6 Å². The summed E-state index contributed by atoms with van der Waals surface area (Å²) in [6.07, 6.45) is 1.00. The Morgan fingerprint density at radius 3 is 2.00 bits per heavy atom. The third-order valence-electron chi connectivity index (χ3n) is 2.41. The predicted molar refractivity (Wildman–Crippen MR) is 61.9 cm³/mol. The zero-order valence-corrected chi connectivity index (χ0v) is 10.5. The minimum atomic E-state index is -2.30. The number of hydrogen-bond donors (Lipinski definition) is 1. The first-order valence-corrected chi connectivity index (χ1v) is 5.50. The van der Waals surface area contributed by atoms with Crippen LogP contribution in [0.25, 0.3) is 0 Å². The van der Waals surface area contributed by atoms with Gasteiger partial charge in [-0.25, -0.2) is 31.9 Å². The van der Waals surface area contributed by atoms with Crippen molar-refractivity contribution in [2.24, 2.45) is 0 Å². The Bertz CT molecular complexity index is 711. The molecule has 0 saturated carbocycles. The first-order valence-electron chi connectivity index (χ1n) is 5.12. The highest BCUT2D eigenvalue weighted by Crippen LogP contribution is 2.30. The van der Waals surface area contributed by atoms with Crippen molar-refractivity contribution in [2.75, 3.05) is 5.32 Å². The van der Waals surface area contributed by atoms with E-state index >= 15 is 0 Å². The average molecular weight is 324 g/mol. The molecule has 4 nitrogen and oxygen atoms in total. The topological polar surface area (TPSA) is 54.9 Å². The standard InChI is InChI=1S/C11H3ClF5N3O/c12-10-3(1-21)11(19-2-18-10)20-9-7(16)5(14)4(13)6(15)8(9)17/h1-2H,(H,18,19,20). The molecule has 1 heterocycles. The summed E-state index contributed by atoms with van der Waals surface area (Å²) in [6, 6.07) is 0. The van der Waals surface area contributed by atoms with E-state index in [1.54, 1.807) is 0 Å². The Morgan fingerprint density at radius 1 is 0.952 bits per heavy atom. The maximum Gasteiger partial charge on any atom is 0.200 e. The predicted octanol–water partition coefficient (Wildman–Crippen LogP) is 3.38. The molecule has 21 heavy (non-hydrogen) atoms. The van der Waals surface area contributed by atoms with Gasteiger partial charge >= 0.3 is 0 Å². The molecule has 0 aliphatic carbocycles. The molecule has 0 aliphatic rings. The first-order chi connectivity index (χ1) is 9.88. The maximum atomic E-state index is 13.5. The van der Waals surface area contributed by atoms with Gasteiger partial charge in [0.2, 0.25) is 5.82 Å². The van der Waals surface area contributed by atoms with Gasteiger partial charge in [0, 0.05) is 0 Å². The lowest BCUT2D eigenvalue weighted by molar-refractivity contribution is 0.112. The van der Waals surface area contributed by atoms with Gasteiger partial charge in [0.05, 0.1) is 5.56 Å². The Morgan fingerprint density at radius 2 is 1.48 bits per heavy atom. The smallest absolute Gasteiger partial charge is 0.200 e. The number of hydrogen-bond acceptors (Lipinski definition) is 4. The minimum absolute atomic E-state index is 0.163. The first kappa shape index (κ1) is 15.1. The molecule has 1 aromatic carbocycles. The van der Waals surface area contributed by atoms with Crippen molar-refractivity contribution in [3.8, 4) is 0 Å². The second-order valence-corrected chi connectivity index (χ2v) is 3.97. The Kier molecular flexibility index (Phi) is 4.03. The maximum absolute atomic E-state index is 13.5. The molecule has 0 radical (unpaired) electrons. The molecule has 0 saturated heterocycles.